The molecule has 5 saturated carbocycles. The summed E-state index contributed by atoms with van der Waals surface area (Å²) in [6.07, 6.45) is 10.3. The van der Waals surface area contributed by atoms with Crippen molar-refractivity contribution in [1.29, 1.82) is 0 Å². The number of nitrogens with two attached hydrogens (primary N) is 1. The molecule has 0 aromatic carbocycles. The number of carbonyl (C=O) groups is 1. The van der Waals surface area contributed by atoms with Gasteiger partial charge in [-0.05, 0) is 74.5 Å². The van der Waals surface area contributed by atoms with Crippen molar-refractivity contribution in [1.82, 2.24) is 4.90 Å². The molecule has 3 heteroatoms. The smallest absolute Gasteiger partial charge is 0.240 e. The van der Waals surface area contributed by atoms with Crippen LogP contribution in [0.2, 0.25) is 0 Å². The number of nitrogens with zero attached hydrogens (tertiary/aromatic N) is 1. The minimum Gasteiger partial charge on any atom is -0.341 e. The summed E-state index contributed by atoms with van der Waals surface area (Å²) in [6.45, 7) is 0. The molecule has 2 N–H and O–H groups in total. The van der Waals surface area contributed by atoms with Crippen molar-refractivity contribution in [3.05, 3.63) is 0 Å². The van der Waals surface area contributed by atoms with Crippen molar-refractivity contribution in [3.63, 3.8) is 0 Å². The number of amides is 1. The Bertz CT molecular complexity index is 366. The van der Waals surface area contributed by atoms with E-state index in [2.05, 4.69) is 0 Å². The molecule has 0 heterocycles. The maximum Gasteiger partial charge on any atom is 0.240 e. The molecule has 1 unspecified atom stereocenters. The summed E-state index contributed by atoms with van der Waals surface area (Å²) in [5.41, 5.74) is 6.65. The van der Waals surface area contributed by atoms with Crippen LogP contribution in [0.4, 0.5) is 0 Å². The molecule has 0 aromatic heterocycles. The van der Waals surface area contributed by atoms with Crippen LogP contribution in [0.5, 0.6) is 0 Å². The molecule has 0 radical (unpaired) electrons. The lowest BCUT2D eigenvalue weighted by Crippen LogP contribution is -2.59. The molecule has 5 aliphatic carbocycles. The highest BCUT2D eigenvalue weighted by molar-refractivity contribution is 5.83. The van der Waals surface area contributed by atoms with Gasteiger partial charge >= 0.3 is 0 Å². The van der Waals surface area contributed by atoms with Gasteiger partial charge in [-0.1, -0.05) is 0 Å². The summed E-state index contributed by atoms with van der Waals surface area (Å²) < 4.78 is 0. The third kappa shape index (κ3) is 1.84. The van der Waals surface area contributed by atoms with Gasteiger partial charge in [0.1, 0.15) is 0 Å². The van der Waals surface area contributed by atoms with Gasteiger partial charge in [-0.15, -0.1) is 0 Å². The summed E-state index contributed by atoms with van der Waals surface area (Å²) >= 11 is 0. The van der Waals surface area contributed by atoms with Gasteiger partial charge in [0.25, 0.3) is 0 Å². The Kier molecular flexibility index (Phi) is 2.55. The zero-order chi connectivity index (χ0) is 13.2. The maximum atomic E-state index is 12.6. The average molecular weight is 262 g/mol. The fourth-order valence-corrected chi connectivity index (χ4v) is 5.68. The van der Waals surface area contributed by atoms with Crippen LogP contribution in [0.3, 0.4) is 0 Å². The second-order valence-electron chi connectivity index (χ2n) is 7.94. The Labute approximate surface area is 115 Å². The average Bonchev–Trinajstić information content (AvgIpc) is 3.18. The van der Waals surface area contributed by atoms with Crippen molar-refractivity contribution in [2.45, 2.75) is 63.5 Å². The molecule has 1 amide bonds. The summed E-state index contributed by atoms with van der Waals surface area (Å²) in [5, 5.41) is 0. The normalized spacial score (nSPS) is 45.3. The van der Waals surface area contributed by atoms with E-state index in [9.17, 15) is 4.79 Å². The van der Waals surface area contributed by atoms with Gasteiger partial charge < -0.3 is 10.6 Å². The monoisotopic (exact) mass is 262 g/mol. The van der Waals surface area contributed by atoms with Crippen molar-refractivity contribution in [2.75, 3.05) is 7.05 Å². The van der Waals surface area contributed by atoms with E-state index in [1.54, 1.807) is 0 Å². The maximum absolute atomic E-state index is 12.6. The Morgan fingerprint density at radius 3 is 2.00 bits per heavy atom. The first kappa shape index (κ1) is 12.2. The predicted octanol–water partition coefficient (Wildman–Crippen LogP) is 2.15. The first-order valence-corrected chi connectivity index (χ1v) is 8.10. The van der Waals surface area contributed by atoms with Crippen LogP contribution in [0, 0.1) is 23.2 Å². The van der Waals surface area contributed by atoms with Crippen LogP contribution >= 0.6 is 0 Å². The lowest BCUT2D eigenvalue weighted by atomic mass is 9.47. The van der Waals surface area contributed by atoms with E-state index in [0.29, 0.717) is 6.04 Å². The molecule has 5 fully saturated rings. The SMILES string of the molecule is CN(C(=O)C(N)C12CC3CC(CC(C3)C1)C2)C1CC1. The number of likely N-dealkylation sites (N-methyl/N-ethyl adjacent to an activating group) is 1. The van der Waals surface area contributed by atoms with E-state index >= 15 is 0 Å². The van der Waals surface area contributed by atoms with Crippen LogP contribution in [0.25, 0.3) is 0 Å². The largest absolute Gasteiger partial charge is 0.341 e. The highest BCUT2D eigenvalue weighted by atomic mass is 16.2. The van der Waals surface area contributed by atoms with E-state index in [0.717, 1.165) is 17.8 Å². The van der Waals surface area contributed by atoms with E-state index < -0.39 is 0 Å². The molecule has 0 saturated heterocycles. The molecule has 0 spiro atoms. The van der Waals surface area contributed by atoms with Gasteiger partial charge in [-0.2, -0.15) is 0 Å². The fourth-order valence-electron chi connectivity index (χ4n) is 5.68. The molecule has 106 valence electrons. The van der Waals surface area contributed by atoms with Crippen LogP contribution in [0.1, 0.15) is 51.4 Å². The summed E-state index contributed by atoms with van der Waals surface area (Å²) in [5.74, 6) is 2.84. The molecule has 5 rings (SSSR count). The van der Waals surface area contributed by atoms with Crippen molar-refractivity contribution in [2.24, 2.45) is 28.9 Å². The van der Waals surface area contributed by atoms with Crippen LogP contribution < -0.4 is 5.73 Å². The molecule has 3 nitrogen and oxygen atoms in total. The topological polar surface area (TPSA) is 46.3 Å². The second-order valence-corrected chi connectivity index (χ2v) is 7.94. The van der Waals surface area contributed by atoms with Gasteiger partial charge in [-0.25, -0.2) is 0 Å². The van der Waals surface area contributed by atoms with E-state index in [4.69, 9.17) is 5.73 Å². The van der Waals surface area contributed by atoms with Crippen LogP contribution in [-0.2, 0) is 4.79 Å². The molecular formula is C16H26N2O. The second kappa shape index (κ2) is 3.97. The lowest BCUT2D eigenvalue weighted by Gasteiger charge is -2.58. The lowest BCUT2D eigenvalue weighted by molar-refractivity contribution is -0.142. The molecule has 0 aliphatic heterocycles. The third-order valence-electron chi connectivity index (χ3n) is 6.45. The Hall–Kier alpha value is -0.570. The number of hydrogen-bond acceptors (Lipinski definition) is 2. The minimum atomic E-state index is -0.230. The Morgan fingerprint density at radius 2 is 1.58 bits per heavy atom. The Balaban J connectivity index is 1.55. The number of hydrogen-bond donors (Lipinski definition) is 1. The van der Waals surface area contributed by atoms with Crippen molar-refractivity contribution >= 4 is 5.91 Å². The first-order valence-electron chi connectivity index (χ1n) is 8.10. The highest BCUT2D eigenvalue weighted by Gasteiger charge is 2.55. The number of carbonyl (C=O) groups excluding carboxylic acids is 1. The van der Waals surface area contributed by atoms with Gasteiger partial charge in [0.05, 0.1) is 6.04 Å². The molecule has 1 atom stereocenters. The standard InChI is InChI=1S/C16H26N2O/c1-18(13-2-3-13)15(19)14(17)16-7-10-4-11(8-16)6-12(5-10)9-16/h10-14H,2-9,17H2,1H3. The molecule has 0 aromatic rings. The fraction of sp³-hybridized carbons (Fsp3) is 0.938. The molecule has 19 heavy (non-hydrogen) atoms. The van der Waals surface area contributed by atoms with Crippen molar-refractivity contribution < 1.29 is 4.79 Å². The molecular weight excluding hydrogens is 236 g/mol. The van der Waals surface area contributed by atoms with E-state index in [-0.39, 0.29) is 17.4 Å². The third-order valence-corrected chi connectivity index (χ3v) is 6.45. The zero-order valence-electron chi connectivity index (χ0n) is 12.0. The van der Waals surface area contributed by atoms with E-state index in [1.165, 1.54) is 51.4 Å². The van der Waals surface area contributed by atoms with Gasteiger partial charge in [-0.3, -0.25) is 4.79 Å². The number of rotatable bonds is 3. The van der Waals surface area contributed by atoms with Gasteiger partial charge in [0.2, 0.25) is 5.91 Å². The van der Waals surface area contributed by atoms with Gasteiger partial charge in [0, 0.05) is 13.1 Å². The highest BCUT2D eigenvalue weighted by Crippen LogP contribution is 2.61. The summed E-state index contributed by atoms with van der Waals surface area (Å²) in [4.78, 5) is 14.6. The predicted molar refractivity (Wildman–Crippen MR) is 74.4 cm³/mol. The van der Waals surface area contributed by atoms with Crippen LogP contribution in [-0.4, -0.2) is 29.9 Å². The zero-order valence-corrected chi connectivity index (χ0v) is 12.0. The quantitative estimate of drug-likeness (QED) is 0.847. The summed E-state index contributed by atoms with van der Waals surface area (Å²) in [7, 11) is 1.96. The van der Waals surface area contributed by atoms with Gasteiger partial charge in [0.15, 0.2) is 0 Å². The molecule has 5 aliphatic rings. The van der Waals surface area contributed by atoms with E-state index in [1.807, 2.05) is 11.9 Å². The van der Waals surface area contributed by atoms with Crippen molar-refractivity contribution in [3.8, 4) is 0 Å². The Morgan fingerprint density at radius 1 is 1.11 bits per heavy atom. The van der Waals surface area contributed by atoms with Crippen LogP contribution in [0.15, 0.2) is 0 Å². The minimum absolute atomic E-state index is 0.162. The summed E-state index contributed by atoms with van der Waals surface area (Å²) in [6, 6.07) is 0.263. The first-order chi connectivity index (χ1) is 9.07. The molecule has 4 bridgehead atoms.